The molecule has 5 rings (SSSR count). The third kappa shape index (κ3) is 3.34. The molecule has 0 unspecified atom stereocenters. The van der Waals surface area contributed by atoms with Crippen LogP contribution in [0.25, 0.3) is 22.4 Å². The number of fused-ring (bicyclic) bond motifs is 1. The fourth-order valence-electron chi connectivity index (χ4n) is 4.63. The molecule has 0 radical (unpaired) electrons. The molecular weight excluding hydrogens is 364 g/mol. The maximum Gasteiger partial charge on any atom is 0.100 e. The van der Waals surface area contributed by atoms with Crippen LogP contribution in [0.2, 0.25) is 0 Å². The van der Waals surface area contributed by atoms with Crippen molar-refractivity contribution in [3.05, 3.63) is 60.0 Å². The SMILES string of the molecule is O/N=C1\CCc2cc(-c3cn([C@H]4CCC[C@H](O)C4)nc3-c3ccncc3)ccc21. The lowest BCUT2D eigenvalue weighted by Crippen LogP contribution is -2.22. The van der Waals surface area contributed by atoms with Gasteiger partial charge in [-0.3, -0.25) is 9.67 Å². The van der Waals surface area contributed by atoms with Crippen LogP contribution in [0.3, 0.4) is 0 Å². The zero-order valence-corrected chi connectivity index (χ0v) is 16.2. The standard InChI is InChI=1S/C23H24N4O2/c28-19-3-1-2-18(13-19)27-14-21(23(25-27)15-8-10-24-11-9-15)17-4-6-20-16(12-17)5-7-22(20)26-29/h4,6,8-12,14,18-19,28-29H,1-3,5,7,13H2/b26-22+/t18-,19-/m0/s1. The Morgan fingerprint density at radius 2 is 1.86 bits per heavy atom. The molecule has 0 spiro atoms. The fraction of sp³-hybridized carbons (Fsp3) is 0.348. The van der Waals surface area contributed by atoms with Crippen molar-refractivity contribution in [3.63, 3.8) is 0 Å². The van der Waals surface area contributed by atoms with Crippen molar-refractivity contribution in [3.8, 4) is 22.4 Å². The fourth-order valence-corrected chi connectivity index (χ4v) is 4.63. The Balaban J connectivity index is 1.60. The van der Waals surface area contributed by atoms with Crippen molar-refractivity contribution in [1.29, 1.82) is 0 Å². The predicted octanol–water partition coefficient (Wildman–Crippen LogP) is 4.21. The lowest BCUT2D eigenvalue weighted by molar-refractivity contribution is 0.100. The third-order valence-electron chi connectivity index (χ3n) is 6.16. The molecule has 6 heteroatoms. The van der Waals surface area contributed by atoms with Crippen molar-refractivity contribution >= 4 is 5.71 Å². The first-order chi connectivity index (χ1) is 14.2. The summed E-state index contributed by atoms with van der Waals surface area (Å²) >= 11 is 0. The van der Waals surface area contributed by atoms with Crippen LogP contribution in [0.15, 0.2) is 54.1 Å². The number of oxime groups is 1. The van der Waals surface area contributed by atoms with Gasteiger partial charge in [-0.15, -0.1) is 0 Å². The van der Waals surface area contributed by atoms with Gasteiger partial charge in [-0.25, -0.2) is 0 Å². The van der Waals surface area contributed by atoms with Crippen LogP contribution in [0.1, 0.15) is 49.3 Å². The maximum atomic E-state index is 10.1. The molecule has 1 aromatic carbocycles. The summed E-state index contributed by atoms with van der Waals surface area (Å²) in [5.41, 5.74) is 7.14. The van der Waals surface area contributed by atoms with E-state index in [-0.39, 0.29) is 12.1 Å². The van der Waals surface area contributed by atoms with E-state index in [9.17, 15) is 10.3 Å². The zero-order chi connectivity index (χ0) is 19.8. The van der Waals surface area contributed by atoms with Crippen LogP contribution < -0.4 is 0 Å². The Bertz CT molecular complexity index is 1060. The summed E-state index contributed by atoms with van der Waals surface area (Å²) in [6.45, 7) is 0. The zero-order valence-electron chi connectivity index (χ0n) is 16.2. The second kappa shape index (κ2) is 7.44. The maximum absolute atomic E-state index is 10.1. The summed E-state index contributed by atoms with van der Waals surface area (Å²) in [5, 5.41) is 27.7. The number of pyridine rings is 1. The highest BCUT2D eigenvalue weighted by Crippen LogP contribution is 2.37. The lowest BCUT2D eigenvalue weighted by atomic mass is 9.93. The Hall–Kier alpha value is -2.99. The highest BCUT2D eigenvalue weighted by molar-refractivity contribution is 6.04. The van der Waals surface area contributed by atoms with Gasteiger partial charge >= 0.3 is 0 Å². The summed E-state index contributed by atoms with van der Waals surface area (Å²) in [5.74, 6) is 0. The second-order valence-electron chi connectivity index (χ2n) is 8.00. The molecule has 2 aliphatic carbocycles. The Morgan fingerprint density at radius 3 is 2.66 bits per heavy atom. The molecule has 2 aliphatic rings. The molecule has 2 heterocycles. The van der Waals surface area contributed by atoms with Gasteiger partial charge in [0, 0.05) is 35.3 Å². The van der Waals surface area contributed by atoms with Gasteiger partial charge in [-0.1, -0.05) is 23.4 Å². The van der Waals surface area contributed by atoms with Crippen LogP contribution >= 0.6 is 0 Å². The van der Waals surface area contributed by atoms with Crippen molar-refractivity contribution < 1.29 is 10.3 Å². The number of aromatic nitrogens is 3. The lowest BCUT2D eigenvalue weighted by Gasteiger charge is -2.26. The van der Waals surface area contributed by atoms with Gasteiger partial charge in [0.05, 0.1) is 17.9 Å². The molecular formula is C23H24N4O2. The van der Waals surface area contributed by atoms with Crippen molar-refractivity contribution in [2.45, 2.75) is 50.7 Å². The van der Waals surface area contributed by atoms with E-state index in [1.54, 1.807) is 12.4 Å². The van der Waals surface area contributed by atoms with Gasteiger partial charge in [0.15, 0.2) is 0 Å². The number of hydrogen-bond donors (Lipinski definition) is 2. The van der Waals surface area contributed by atoms with Crippen LogP contribution in [0.4, 0.5) is 0 Å². The van der Waals surface area contributed by atoms with Gasteiger partial charge in [0.25, 0.3) is 0 Å². The number of aryl methyl sites for hydroxylation is 1. The molecule has 0 aliphatic heterocycles. The average Bonchev–Trinajstić information content (AvgIpc) is 3.38. The minimum Gasteiger partial charge on any atom is -0.411 e. The Kier molecular flexibility index (Phi) is 4.64. The molecule has 0 amide bonds. The summed E-state index contributed by atoms with van der Waals surface area (Å²) in [7, 11) is 0. The van der Waals surface area contributed by atoms with Gasteiger partial charge in [0.1, 0.15) is 5.69 Å². The number of aliphatic hydroxyl groups is 1. The van der Waals surface area contributed by atoms with E-state index in [0.717, 1.165) is 72.2 Å². The molecule has 0 bridgehead atoms. The van der Waals surface area contributed by atoms with Crippen LogP contribution in [-0.4, -0.2) is 36.9 Å². The molecule has 148 valence electrons. The average molecular weight is 388 g/mol. The summed E-state index contributed by atoms with van der Waals surface area (Å²) in [4.78, 5) is 4.14. The topological polar surface area (TPSA) is 83.5 Å². The number of rotatable bonds is 3. The third-order valence-corrected chi connectivity index (χ3v) is 6.16. The van der Waals surface area contributed by atoms with Crippen LogP contribution in [0.5, 0.6) is 0 Å². The van der Waals surface area contributed by atoms with E-state index >= 15 is 0 Å². The number of nitrogens with zero attached hydrogens (tertiary/aromatic N) is 4. The van der Waals surface area contributed by atoms with Crippen molar-refractivity contribution in [2.75, 3.05) is 0 Å². The Morgan fingerprint density at radius 1 is 1.00 bits per heavy atom. The molecule has 2 aromatic heterocycles. The molecule has 29 heavy (non-hydrogen) atoms. The summed E-state index contributed by atoms with van der Waals surface area (Å²) < 4.78 is 2.04. The van der Waals surface area contributed by atoms with Gasteiger partial charge in [0.2, 0.25) is 0 Å². The first kappa shape index (κ1) is 18.1. The number of benzene rings is 1. The highest BCUT2D eigenvalue weighted by atomic mass is 16.4. The quantitative estimate of drug-likeness (QED) is 0.520. The monoisotopic (exact) mass is 388 g/mol. The van der Waals surface area contributed by atoms with E-state index < -0.39 is 0 Å². The summed E-state index contributed by atoms with van der Waals surface area (Å²) in [6.07, 6.45) is 10.8. The van der Waals surface area contributed by atoms with Crippen molar-refractivity contribution in [2.24, 2.45) is 5.16 Å². The van der Waals surface area contributed by atoms with E-state index in [4.69, 9.17) is 5.10 Å². The van der Waals surface area contributed by atoms with Gasteiger partial charge in [-0.05, 0) is 61.8 Å². The minimum absolute atomic E-state index is 0.218. The number of aliphatic hydroxyl groups excluding tert-OH is 1. The molecule has 6 nitrogen and oxygen atoms in total. The molecule has 1 saturated carbocycles. The molecule has 0 saturated heterocycles. The largest absolute Gasteiger partial charge is 0.411 e. The van der Waals surface area contributed by atoms with Gasteiger partial charge < -0.3 is 10.3 Å². The normalized spacial score (nSPS) is 22.7. The first-order valence-electron chi connectivity index (χ1n) is 10.2. The van der Waals surface area contributed by atoms with E-state index in [1.165, 1.54) is 5.56 Å². The van der Waals surface area contributed by atoms with E-state index in [2.05, 4.69) is 28.5 Å². The van der Waals surface area contributed by atoms with Gasteiger partial charge in [-0.2, -0.15) is 5.10 Å². The molecule has 2 N–H and O–H groups in total. The first-order valence-corrected chi connectivity index (χ1v) is 10.2. The Labute approximate surface area is 169 Å². The molecule has 3 aromatic rings. The van der Waals surface area contributed by atoms with E-state index in [0.29, 0.717) is 0 Å². The van der Waals surface area contributed by atoms with Crippen LogP contribution in [-0.2, 0) is 6.42 Å². The minimum atomic E-state index is -0.248. The van der Waals surface area contributed by atoms with Crippen molar-refractivity contribution in [1.82, 2.24) is 14.8 Å². The van der Waals surface area contributed by atoms with E-state index in [1.807, 2.05) is 22.9 Å². The smallest absolute Gasteiger partial charge is 0.100 e. The predicted molar refractivity (Wildman–Crippen MR) is 111 cm³/mol. The summed E-state index contributed by atoms with van der Waals surface area (Å²) in [6, 6.07) is 10.5. The molecule has 1 fully saturated rings. The molecule has 2 atom stereocenters. The number of hydrogen-bond acceptors (Lipinski definition) is 5. The van der Waals surface area contributed by atoms with Crippen LogP contribution in [0, 0.1) is 0 Å². The second-order valence-corrected chi connectivity index (χ2v) is 8.00. The highest BCUT2D eigenvalue weighted by Gasteiger charge is 2.25.